The Bertz CT molecular complexity index is 742. The van der Waals surface area contributed by atoms with Crippen molar-refractivity contribution >= 4 is 34.8 Å². The number of rotatable bonds is 5. The Hall–Kier alpha value is -2.53. The minimum atomic E-state index is -1.26. The molecule has 5 nitrogen and oxygen atoms in total. The first-order valence-corrected chi connectivity index (χ1v) is 7.73. The number of methoxy groups -OCH3 is 1. The van der Waals surface area contributed by atoms with Crippen LogP contribution < -0.4 is 15.4 Å². The van der Waals surface area contributed by atoms with Crippen LogP contribution in [0.2, 0.25) is 5.02 Å². The Labute approximate surface area is 146 Å². The van der Waals surface area contributed by atoms with Crippen LogP contribution in [-0.2, 0) is 9.59 Å². The normalized spacial score (nSPS) is 10.8. The molecule has 0 aliphatic carbocycles. The summed E-state index contributed by atoms with van der Waals surface area (Å²) in [6.07, 6.45) is 0. The zero-order valence-electron chi connectivity index (χ0n) is 13.7. The van der Waals surface area contributed by atoms with Crippen molar-refractivity contribution in [2.45, 2.75) is 13.8 Å². The average Bonchev–Trinajstić information content (AvgIpc) is 2.57. The van der Waals surface area contributed by atoms with Gasteiger partial charge in [0, 0.05) is 22.5 Å². The second kappa shape index (κ2) is 7.36. The summed E-state index contributed by atoms with van der Waals surface area (Å²) in [6.45, 7) is 3.13. The second-order valence-corrected chi connectivity index (χ2v) is 6.21. The molecule has 2 aromatic carbocycles. The summed E-state index contributed by atoms with van der Waals surface area (Å²) in [4.78, 5) is 24.9. The van der Waals surface area contributed by atoms with Gasteiger partial charge < -0.3 is 15.4 Å². The lowest BCUT2D eigenvalue weighted by Crippen LogP contribution is -2.41. The van der Waals surface area contributed by atoms with E-state index in [4.69, 9.17) is 16.3 Å². The first-order chi connectivity index (χ1) is 11.3. The zero-order valence-corrected chi connectivity index (χ0v) is 14.5. The fourth-order valence-corrected chi connectivity index (χ4v) is 2.04. The molecular formula is C18H19ClN2O3. The summed E-state index contributed by atoms with van der Waals surface area (Å²) in [6, 6.07) is 13.6. The van der Waals surface area contributed by atoms with E-state index in [9.17, 15) is 9.59 Å². The molecule has 0 aromatic heterocycles. The minimum absolute atomic E-state index is 0.412. The molecule has 0 radical (unpaired) electrons. The minimum Gasteiger partial charge on any atom is -0.497 e. The fourth-order valence-electron chi connectivity index (χ4n) is 1.91. The molecule has 2 rings (SSSR count). The van der Waals surface area contributed by atoms with E-state index in [0.717, 1.165) is 0 Å². The Kier molecular flexibility index (Phi) is 5.46. The average molecular weight is 347 g/mol. The van der Waals surface area contributed by atoms with Gasteiger partial charge in [-0.1, -0.05) is 17.7 Å². The van der Waals surface area contributed by atoms with E-state index in [1.807, 2.05) is 0 Å². The number of hydrogen-bond donors (Lipinski definition) is 2. The number of halogens is 1. The highest BCUT2D eigenvalue weighted by molar-refractivity contribution is 6.30. The lowest BCUT2D eigenvalue weighted by atomic mass is 9.90. The van der Waals surface area contributed by atoms with Crippen molar-refractivity contribution < 1.29 is 14.3 Å². The van der Waals surface area contributed by atoms with E-state index in [2.05, 4.69) is 10.6 Å². The van der Waals surface area contributed by atoms with Crippen molar-refractivity contribution in [3.05, 3.63) is 53.6 Å². The Morgan fingerprint density at radius 3 is 2.12 bits per heavy atom. The van der Waals surface area contributed by atoms with Gasteiger partial charge in [0.15, 0.2) is 0 Å². The summed E-state index contributed by atoms with van der Waals surface area (Å²) in [5.41, 5.74) is -0.124. The predicted octanol–water partition coefficient (Wildman–Crippen LogP) is 3.95. The van der Waals surface area contributed by atoms with Gasteiger partial charge >= 0.3 is 0 Å². The van der Waals surface area contributed by atoms with Crippen LogP contribution in [0, 0.1) is 5.41 Å². The maximum atomic E-state index is 12.5. The molecule has 126 valence electrons. The largest absolute Gasteiger partial charge is 0.497 e. The number of nitrogens with one attached hydrogen (secondary N) is 2. The van der Waals surface area contributed by atoms with E-state index in [1.54, 1.807) is 69.5 Å². The van der Waals surface area contributed by atoms with Crippen LogP contribution in [-0.4, -0.2) is 18.9 Å². The van der Waals surface area contributed by atoms with Gasteiger partial charge in [-0.15, -0.1) is 0 Å². The molecule has 2 N–H and O–H groups in total. The maximum Gasteiger partial charge on any atom is 0.239 e. The molecule has 0 heterocycles. The van der Waals surface area contributed by atoms with Crippen LogP contribution in [0.25, 0.3) is 0 Å². The lowest BCUT2D eigenvalue weighted by molar-refractivity contribution is -0.135. The highest BCUT2D eigenvalue weighted by Crippen LogP contribution is 2.24. The van der Waals surface area contributed by atoms with Gasteiger partial charge in [0.2, 0.25) is 11.8 Å². The van der Waals surface area contributed by atoms with Crippen LogP contribution in [0.1, 0.15) is 13.8 Å². The van der Waals surface area contributed by atoms with Gasteiger partial charge in [-0.3, -0.25) is 9.59 Å². The fraction of sp³-hybridized carbons (Fsp3) is 0.222. The molecule has 0 aliphatic heterocycles. The van der Waals surface area contributed by atoms with E-state index < -0.39 is 17.2 Å². The number of benzene rings is 2. The van der Waals surface area contributed by atoms with E-state index >= 15 is 0 Å². The molecule has 2 aromatic rings. The number of carbonyl (C=O) groups excluding carboxylic acids is 2. The van der Waals surface area contributed by atoms with Crippen LogP contribution in [0.5, 0.6) is 5.75 Å². The summed E-state index contributed by atoms with van der Waals surface area (Å²) in [5, 5.41) is 6.02. The number of anilines is 2. The highest BCUT2D eigenvalue weighted by Gasteiger charge is 2.36. The molecule has 0 atom stereocenters. The molecule has 0 unspecified atom stereocenters. The Morgan fingerprint density at radius 1 is 0.958 bits per heavy atom. The van der Waals surface area contributed by atoms with Gasteiger partial charge in [-0.05, 0) is 50.2 Å². The molecule has 0 spiro atoms. The smallest absolute Gasteiger partial charge is 0.239 e. The highest BCUT2D eigenvalue weighted by atomic mass is 35.5. The lowest BCUT2D eigenvalue weighted by Gasteiger charge is -2.23. The number of ether oxygens (including phenoxy) is 1. The van der Waals surface area contributed by atoms with Gasteiger partial charge in [0.25, 0.3) is 0 Å². The van der Waals surface area contributed by atoms with Crippen LogP contribution in [0.3, 0.4) is 0 Å². The second-order valence-electron chi connectivity index (χ2n) is 5.77. The summed E-state index contributed by atoms with van der Waals surface area (Å²) < 4.78 is 5.12. The van der Waals surface area contributed by atoms with E-state index in [0.29, 0.717) is 22.1 Å². The summed E-state index contributed by atoms with van der Waals surface area (Å²) in [7, 11) is 1.55. The van der Waals surface area contributed by atoms with Crippen LogP contribution in [0.15, 0.2) is 48.5 Å². The number of hydrogen-bond acceptors (Lipinski definition) is 3. The molecule has 24 heavy (non-hydrogen) atoms. The Balaban J connectivity index is 2.08. The third-order valence-corrected chi connectivity index (χ3v) is 3.82. The quantitative estimate of drug-likeness (QED) is 0.805. The third kappa shape index (κ3) is 4.26. The van der Waals surface area contributed by atoms with Crippen molar-refractivity contribution in [1.82, 2.24) is 0 Å². The van der Waals surface area contributed by atoms with Crippen molar-refractivity contribution in [3.63, 3.8) is 0 Å². The number of carbonyl (C=O) groups is 2. The monoisotopic (exact) mass is 346 g/mol. The van der Waals surface area contributed by atoms with Gasteiger partial charge in [-0.2, -0.15) is 0 Å². The van der Waals surface area contributed by atoms with E-state index in [1.165, 1.54) is 0 Å². The van der Waals surface area contributed by atoms with Crippen molar-refractivity contribution in [2.24, 2.45) is 5.41 Å². The van der Waals surface area contributed by atoms with E-state index in [-0.39, 0.29) is 0 Å². The maximum absolute atomic E-state index is 12.5. The number of amides is 2. The molecular weight excluding hydrogens is 328 g/mol. The van der Waals surface area contributed by atoms with Crippen molar-refractivity contribution in [1.29, 1.82) is 0 Å². The summed E-state index contributed by atoms with van der Waals surface area (Å²) in [5.74, 6) is -0.205. The predicted molar refractivity (Wildman–Crippen MR) is 95.5 cm³/mol. The molecule has 6 heteroatoms. The van der Waals surface area contributed by atoms with Gasteiger partial charge in [0.05, 0.1) is 7.11 Å². The molecule has 0 saturated heterocycles. The SMILES string of the molecule is COc1cccc(NC(=O)C(C)(C)C(=O)Nc2ccc(Cl)cc2)c1. The van der Waals surface area contributed by atoms with Crippen molar-refractivity contribution in [3.8, 4) is 5.75 Å². The van der Waals surface area contributed by atoms with Gasteiger partial charge in [0.1, 0.15) is 11.2 Å². The third-order valence-electron chi connectivity index (χ3n) is 3.57. The van der Waals surface area contributed by atoms with Gasteiger partial charge in [-0.25, -0.2) is 0 Å². The first-order valence-electron chi connectivity index (χ1n) is 7.35. The Morgan fingerprint density at radius 2 is 1.54 bits per heavy atom. The standard InChI is InChI=1S/C18H19ClN2O3/c1-18(2,16(22)20-13-9-7-12(19)8-10-13)17(23)21-14-5-4-6-15(11-14)24-3/h4-11H,1-3H3,(H,20,22)(H,21,23). The first kappa shape index (κ1) is 17.8. The zero-order chi connectivity index (χ0) is 17.7. The molecule has 0 saturated carbocycles. The molecule has 2 amide bonds. The van der Waals surface area contributed by atoms with Crippen LogP contribution in [0.4, 0.5) is 11.4 Å². The summed E-state index contributed by atoms with van der Waals surface area (Å²) >= 11 is 5.82. The molecule has 0 bridgehead atoms. The van der Waals surface area contributed by atoms with Crippen LogP contribution >= 0.6 is 11.6 Å². The van der Waals surface area contributed by atoms with Crippen molar-refractivity contribution in [2.75, 3.05) is 17.7 Å². The molecule has 0 fully saturated rings. The topological polar surface area (TPSA) is 67.4 Å². The molecule has 0 aliphatic rings.